The van der Waals surface area contributed by atoms with Crippen molar-refractivity contribution in [2.45, 2.75) is 0 Å². The number of thiocarbonyl (C=S) groups is 1. The molecule has 2 aromatic rings. The first-order chi connectivity index (χ1) is 12.2. The molecule has 0 aliphatic heterocycles. The summed E-state index contributed by atoms with van der Waals surface area (Å²) in [6.45, 7) is 0. The minimum absolute atomic E-state index is 0.0295. The van der Waals surface area contributed by atoms with Gasteiger partial charge in [0.2, 0.25) is 0 Å². The molecule has 136 valence electrons. The minimum Gasteiger partial charge on any atom is -0.490 e. The second-order valence-corrected chi connectivity index (χ2v) is 6.43. The van der Waals surface area contributed by atoms with Crippen LogP contribution in [0.3, 0.4) is 0 Å². The topological polar surface area (TPSA) is 93.5 Å². The number of hydrogen-bond donors (Lipinski definition) is 2. The van der Waals surface area contributed by atoms with E-state index in [1.807, 2.05) is 0 Å². The summed E-state index contributed by atoms with van der Waals surface area (Å²) < 4.78 is 4.89. The number of methoxy groups -OCH3 is 1. The number of nitrogens with one attached hydrogen (secondary N) is 2. The Labute approximate surface area is 168 Å². The van der Waals surface area contributed by atoms with Crippen LogP contribution in [0.5, 0.6) is 5.75 Å². The van der Waals surface area contributed by atoms with Gasteiger partial charge in [0.1, 0.15) is 0 Å². The summed E-state index contributed by atoms with van der Waals surface area (Å²) in [4.78, 5) is 22.6. The first kappa shape index (κ1) is 20.2. The molecule has 0 radical (unpaired) electrons. The smallest absolute Gasteiger partial charge is 0.311 e. The molecule has 2 aromatic carbocycles. The molecule has 2 N–H and O–H groups in total. The number of hydrogen-bond acceptors (Lipinski definition) is 5. The van der Waals surface area contributed by atoms with E-state index < -0.39 is 10.8 Å². The normalized spacial score (nSPS) is 10.2. The van der Waals surface area contributed by atoms with Gasteiger partial charge in [-0.3, -0.25) is 20.2 Å². The van der Waals surface area contributed by atoms with Crippen molar-refractivity contribution in [2.24, 2.45) is 0 Å². The molecule has 0 saturated carbocycles. The molecule has 7 nitrogen and oxygen atoms in total. The van der Waals surface area contributed by atoms with Crippen LogP contribution in [-0.4, -0.2) is 23.1 Å². The number of benzene rings is 2. The quantitative estimate of drug-likeness (QED) is 0.314. The lowest BCUT2D eigenvalue weighted by atomic mass is 10.2. The zero-order valence-electron chi connectivity index (χ0n) is 13.0. The maximum Gasteiger partial charge on any atom is 0.311 e. The Morgan fingerprint density at radius 1 is 1.15 bits per heavy atom. The van der Waals surface area contributed by atoms with Crippen molar-refractivity contribution in [1.82, 2.24) is 5.32 Å². The van der Waals surface area contributed by atoms with Gasteiger partial charge in [0, 0.05) is 11.6 Å². The van der Waals surface area contributed by atoms with E-state index in [1.54, 1.807) is 0 Å². The van der Waals surface area contributed by atoms with Crippen LogP contribution in [0, 0.1) is 10.1 Å². The molecule has 0 spiro atoms. The molecule has 0 unspecified atom stereocenters. The van der Waals surface area contributed by atoms with E-state index in [-0.39, 0.29) is 37.2 Å². The van der Waals surface area contributed by atoms with Crippen LogP contribution in [-0.2, 0) is 0 Å². The number of anilines is 1. The number of carbonyl (C=O) groups is 1. The largest absolute Gasteiger partial charge is 0.490 e. The second-order valence-electron chi connectivity index (χ2n) is 4.80. The summed E-state index contributed by atoms with van der Waals surface area (Å²) in [5, 5.41) is 16.8. The van der Waals surface area contributed by atoms with Crippen LogP contribution in [0.4, 0.5) is 11.4 Å². The van der Waals surface area contributed by atoms with Gasteiger partial charge in [0.05, 0.1) is 32.8 Å². The van der Waals surface area contributed by atoms with E-state index in [0.717, 1.165) is 6.07 Å². The number of nitro groups is 1. The molecule has 1 amide bonds. The van der Waals surface area contributed by atoms with E-state index >= 15 is 0 Å². The average Bonchev–Trinajstić information content (AvgIpc) is 2.58. The maximum absolute atomic E-state index is 12.2. The lowest BCUT2D eigenvalue weighted by Gasteiger charge is -2.12. The minimum atomic E-state index is -0.651. The number of rotatable bonds is 4. The Morgan fingerprint density at radius 3 is 2.42 bits per heavy atom. The van der Waals surface area contributed by atoms with Gasteiger partial charge < -0.3 is 10.1 Å². The van der Waals surface area contributed by atoms with Crippen molar-refractivity contribution >= 4 is 69.4 Å². The number of ether oxygens (including phenoxy) is 1. The summed E-state index contributed by atoms with van der Waals surface area (Å²) in [5.41, 5.74) is 0.0283. The Bertz CT molecular complexity index is 908. The third kappa shape index (κ3) is 4.73. The third-order valence-corrected chi connectivity index (χ3v) is 4.36. The summed E-state index contributed by atoms with van der Waals surface area (Å²) in [7, 11) is 1.29. The molecule has 26 heavy (non-hydrogen) atoms. The number of nitro benzene ring substituents is 1. The molecule has 2 rings (SSSR count). The van der Waals surface area contributed by atoms with Gasteiger partial charge >= 0.3 is 5.69 Å². The van der Waals surface area contributed by atoms with Gasteiger partial charge in [-0.1, -0.05) is 34.8 Å². The number of amides is 1. The van der Waals surface area contributed by atoms with Crippen LogP contribution in [0.1, 0.15) is 10.4 Å². The summed E-state index contributed by atoms with van der Waals surface area (Å²) in [6.07, 6.45) is 0. The van der Waals surface area contributed by atoms with E-state index in [1.165, 1.54) is 31.4 Å². The highest BCUT2D eigenvalue weighted by molar-refractivity contribution is 7.80. The Morgan fingerprint density at radius 2 is 1.81 bits per heavy atom. The van der Waals surface area contributed by atoms with Gasteiger partial charge in [-0.05, 0) is 36.5 Å². The molecule has 11 heteroatoms. The fourth-order valence-corrected chi connectivity index (χ4v) is 2.72. The molecule has 0 atom stereocenters. The van der Waals surface area contributed by atoms with Crippen LogP contribution in [0.2, 0.25) is 15.1 Å². The predicted molar refractivity (Wildman–Crippen MR) is 105 cm³/mol. The summed E-state index contributed by atoms with van der Waals surface area (Å²) >= 11 is 22.8. The van der Waals surface area contributed by atoms with Gasteiger partial charge in [0.25, 0.3) is 5.91 Å². The number of carbonyl (C=O) groups excluding carboxylic acids is 1. The summed E-state index contributed by atoms with van der Waals surface area (Å²) in [5.74, 6) is -0.612. The Hall–Kier alpha value is -2.13. The fourth-order valence-electron chi connectivity index (χ4n) is 1.92. The highest BCUT2D eigenvalue weighted by Gasteiger charge is 2.19. The maximum atomic E-state index is 12.2. The number of halogens is 3. The standard InChI is InChI=1S/C15H10Cl3N3O4S/c1-25-13-3-2-7(4-12(13)21(23)24)14(22)20-15(26)19-11-6-9(17)8(16)5-10(11)18/h2-6H,1H3,(H2,19,20,22,26). The average molecular weight is 435 g/mol. The zero-order valence-corrected chi connectivity index (χ0v) is 16.1. The van der Waals surface area contributed by atoms with E-state index in [0.29, 0.717) is 5.69 Å². The van der Waals surface area contributed by atoms with Gasteiger partial charge in [-0.15, -0.1) is 0 Å². The van der Waals surface area contributed by atoms with E-state index in [9.17, 15) is 14.9 Å². The van der Waals surface area contributed by atoms with Crippen LogP contribution in [0.15, 0.2) is 30.3 Å². The number of nitrogens with zero attached hydrogens (tertiary/aromatic N) is 1. The Balaban J connectivity index is 2.15. The molecule has 0 saturated heterocycles. The monoisotopic (exact) mass is 433 g/mol. The molecular formula is C15H10Cl3N3O4S. The zero-order chi connectivity index (χ0) is 19.4. The van der Waals surface area contributed by atoms with Crippen molar-refractivity contribution in [3.8, 4) is 5.75 Å². The lowest BCUT2D eigenvalue weighted by molar-refractivity contribution is -0.385. The lowest BCUT2D eigenvalue weighted by Crippen LogP contribution is -2.34. The first-order valence-electron chi connectivity index (χ1n) is 6.82. The fraction of sp³-hybridized carbons (Fsp3) is 0.0667. The molecule has 0 aromatic heterocycles. The van der Waals surface area contributed by atoms with Crippen molar-refractivity contribution in [3.05, 3.63) is 61.1 Å². The Kier molecular flexibility index (Phi) is 6.60. The molecule has 0 fully saturated rings. The van der Waals surface area contributed by atoms with Gasteiger partial charge in [0.15, 0.2) is 10.9 Å². The van der Waals surface area contributed by atoms with Crippen LogP contribution < -0.4 is 15.4 Å². The SMILES string of the molecule is COc1ccc(C(=O)NC(=S)Nc2cc(Cl)c(Cl)cc2Cl)cc1[N+](=O)[O-]. The van der Waals surface area contributed by atoms with Crippen molar-refractivity contribution < 1.29 is 14.5 Å². The van der Waals surface area contributed by atoms with Crippen LogP contribution in [0.25, 0.3) is 0 Å². The third-order valence-electron chi connectivity index (χ3n) is 3.12. The van der Waals surface area contributed by atoms with E-state index in [4.69, 9.17) is 51.8 Å². The van der Waals surface area contributed by atoms with Crippen molar-refractivity contribution in [3.63, 3.8) is 0 Å². The molecular weight excluding hydrogens is 425 g/mol. The molecule has 0 bridgehead atoms. The highest BCUT2D eigenvalue weighted by atomic mass is 35.5. The second kappa shape index (κ2) is 8.50. The van der Waals surface area contributed by atoms with Crippen LogP contribution >= 0.6 is 47.0 Å². The molecule has 0 heterocycles. The van der Waals surface area contributed by atoms with E-state index in [2.05, 4.69) is 10.6 Å². The molecule has 0 aliphatic carbocycles. The highest BCUT2D eigenvalue weighted by Crippen LogP contribution is 2.32. The summed E-state index contributed by atoms with van der Waals surface area (Å²) in [6, 6.07) is 6.64. The van der Waals surface area contributed by atoms with Gasteiger partial charge in [-0.25, -0.2) is 0 Å². The van der Waals surface area contributed by atoms with Crippen molar-refractivity contribution in [2.75, 3.05) is 12.4 Å². The molecule has 0 aliphatic rings. The van der Waals surface area contributed by atoms with Gasteiger partial charge in [-0.2, -0.15) is 0 Å². The van der Waals surface area contributed by atoms with Crippen molar-refractivity contribution in [1.29, 1.82) is 0 Å². The predicted octanol–water partition coefficient (Wildman–Crippen LogP) is 4.69. The first-order valence-corrected chi connectivity index (χ1v) is 8.36.